The molecule has 1 atom stereocenters. The van der Waals surface area contributed by atoms with Gasteiger partial charge in [-0.05, 0) is 25.8 Å². The highest BCUT2D eigenvalue weighted by molar-refractivity contribution is 7.09. The highest BCUT2D eigenvalue weighted by Gasteiger charge is 2.29. The maximum atomic E-state index is 12.5. The van der Waals surface area contributed by atoms with Gasteiger partial charge in [-0.1, -0.05) is 0 Å². The molecule has 0 aromatic carbocycles. The van der Waals surface area contributed by atoms with Crippen LogP contribution in [-0.2, 0) is 4.79 Å². The lowest BCUT2D eigenvalue weighted by molar-refractivity contribution is -0.143. The molecule has 116 valence electrons. The lowest BCUT2D eigenvalue weighted by atomic mass is 9.98. The van der Waals surface area contributed by atoms with E-state index in [1.165, 1.54) is 0 Å². The SMILES string of the molecule is Cc1nc(-c2c[nH]c(C(=O)N3CCC[C@H](C(=O)O)C3)c2)cs1. The first kappa shape index (κ1) is 14.8. The molecule has 0 aliphatic carbocycles. The van der Waals surface area contributed by atoms with E-state index in [9.17, 15) is 9.59 Å². The van der Waals surface area contributed by atoms with Gasteiger partial charge in [-0.25, -0.2) is 4.98 Å². The number of carbonyl (C=O) groups is 2. The number of carbonyl (C=O) groups excluding carboxylic acids is 1. The zero-order valence-corrected chi connectivity index (χ0v) is 13.0. The predicted molar refractivity (Wildman–Crippen MR) is 82.9 cm³/mol. The van der Waals surface area contributed by atoms with Crippen molar-refractivity contribution in [2.75, 3.05) is 13.1 Å². The Morgan fingerprint density at radius 3 is 3.00 bits per heavy atom. The maximum Gasteiger partial charge on any atom is 0.308 e. The summed E-state index contributed by atoms with van der Waals surface area (Å²) in [5.74, 6) is -1.44. The quantitative estimate of drug-likeness (QED) is 0.909. The fraction of sp³-hybridized carbons (Fsp3) is 0.400. The first-order chi connectivity index (χ1) is 10.5. The van der Waals surface area contributed by atoms with Gasteiger partial charge in [0.2, 0.25) is 0 Å². The van der Waals surface area contributed by atoms with Gasteiger partial charge in [0, 0.05) is 30.2 Å². The topological polar surface area (TPSA) is 86.3 Å². The van der Waals surface area contributed by atoms with E-state index in [1.54, 1.807) is 28.5 Å². The van der Waals surface area contributed by atoms with E-state index in [-0.39, 0.29) is 12.5 Å². The average Bonchev–Trinajstić information content (AvgIpc) is 3.15. The number of carboxylic acid groups (broad SMARTS) is 1. The van der Waals surface area contributed by atoms with Crippen molar-refractivity contribution in [3.63, 3.8) is 0 Å². The molecule has 1 saturated heterocycles. The zero-order chi connectivity index (χ0) is 15.7. The number of nitrogens with zero attached hydrogens (tertiary/aromatic N) is 2. The Morgan fingerprint density at radius 1 is 1.50 bits per heavy atom. The maximum absolute atomic E-state index is 12.5. The van der Waals surface area contributed by atoms with Gasteiger partial charge in [-0.2, -0.15) is 0 Å². The van der Waals surface area contributed by atoms with E-state index in [4.69, 9.17) is 5.11 Å². The normalized spacial score (nSPS) is 18.4. The molecule has 0 spiro atoms. The predicted octanol–water partition coefficient (Wildman–Crippen LogP) is 2.38. The number of nitrogens with one attached hydrogen (secondary N) is 1. The number of hydrogen-bond donors (Lipinski definition) is 2. The number of hydrogen-bond acceptors (Lipinski definition) is 4. The van der Waals surface area contributed by atoms with Crippen LogP contribution in [0.2, 0.25) is 0 Å². The number of aryl methyl sites for hydroxylation is 1. The number of carboxylic acids is 1. The molecule has 3 rings (SSSR count). The molecule has 0 saturated carbocycles. The van der Waals surface area contributed by atoms with Crippen LogP contribution in [0.3, 0.4) is 0 Å². The number of amides is 1. The summed E-state index contributed by atoms with van der Waals surface area (Å²) in [4.78, 5) is 32.6. The summed E-state index contributed by atoms with van der Waals surface area (Å²) < 4.78 is 0. The van der Waals surface area contributed by atoms with Crippen LogP contribution in [0.4, 0.5) is 0 Å². The van der Waals surface area contributed by atoms with Crippen molar-refractivity contribution in [2.24, 2.45) is 5.92 Å². The molecule has 0 bridgehead atoms. The Labute approximate surface area is 131 Å². The van der Waals surface area contributed by atoms with Gasteiger partial charge >= 0.3 is 5.97 Å². The van der Waals surface area contributed by atoms with Crippen molar-refractivity contribution in [2.45, 2.75) is 19.8 Å². The molecular weight excluding hydrogens is 302 g/mol. The summed E-state index contributed by atoms with van der Waals surface area (Å²) in [6.45, 7) is 2.82. The molecule has 3 heterocycles. The molecule has 22 heavy (non-hydrogen) atoms. The van der Waals surface area contributed by atoms with Crippen LogP contribution in [0.1, 0.15) is 28.3 Å². The van der Waals surface area contributed by atoms with Crippen molar-refractivity contribution >= 4 is 23.2 Å². The van der Waals surface area contributed by atoms with Crippen LogP contribution in [0.5, 0.6) is 0 Å². The molecule has 0 radical (unpaired) electrons. The van der Waals surface area contributed by atoms with Crippen LogP contribution in [0, 0.1) is 12.8 Å². The summed E-state index contributed by atoms with van der Waals surface area (Å²) in [5.41, 5.74) is 2.20. The zero-order valence-electron chi connectivity index (χ0n) is 12.2. The summed E-state index contributed by atoms with van der Waals surface area (Å²) >= 11 is 1.56. The third kappa shape index (κ3) is 2.89. The van der Waals surface area contributed by atoms with Crippen LogP contribution in [0.25, 0.3) is 11.3 Å². The van der Waals surface area contributed by atoms with Gasteiger partial charge in [-0.3, -0.25) is 9.59 Å². The lowest BCUT2D eigenvalue weighted by Crippen LogP contribution is -2.42. The van der Waals surface area contributed by atoms with Crippen molar-refractivity contribution in [1.82, 2.24) is 14.9 Å². The molecular formula is C15H17N3O3S. The molecule has 2 aromatic rings. The summed E-state index contributed by atoms with van der Waals surface area (Å²) in [5, 5.41) is 12.0. The highest BCUT2D eigenvalue weighted by atomic mass is 32.1. The minimum atomic E-state index is -0.831. The molecule has 2 aromatic heterocycles. The fourth-order valence-corrected chi connectivity index (χ4v) is 3.32. The minimum absolute atomic E-state index is 0.149. The van der Waals surface area contributed by atoms with Crippen LogP contribution in [-0.4, -0.2) is 44.9 Å². The van der Waals surface area contributed by atoms with Gasteiger partial charge in [0.05, 0.1) is 16.6 Å². The first-order valence-electron chi connectivity index (χ1n) is 7.17. The van der Waals surface area contributed by atoms with E-state index >= 15 is 0 Å². The largest absolute Gasteiger partial charge is 0.481 e. The molecule has 1 aliphatic heterocycles. The third-order valence-electron chi connectivity index (χ3n) is 3.89. The molecule has 1 fully saturated rings. The van der Waals surface area contributed by atoms with E-state index in [2.05, 4.69) is 9.97 Å². The summed E-state index contributed by atoms with van der Waals surface area (Å²) in [7, 11) is 0. The second kappa shape index (κ2) is 5.92. The van der Waals surface area contributed by atoms with E-state index < -0.39 is 11.9 Å². The Balaban J connectivity index is 1.75. The number of likely N-dealkylation sites (tertiary alicyclic amines) is 1. The number of thiazole rings is 1. The van der Waals surface area contributed by atoms with Crippen LogP contribution < -0.4 is 0 Å². The molecule has 1 amide bonds. The van der Waals surface area contributed by atoms with Crippen molar-refractivity contribution in [3.8, 4) is 11.3 Å². The summed E-state index contributed by atoms with van der Waals surface area (Å²) in [6, 6.07) is 1.78. The highest BCUT2D eigenvalue weighted by Crippen LogP contribution is 2.24. The van der Waals surface area contributed by atoms with Gasteiger partial charge in [-0.15, -0.1) is 11.3 Å². The number of aromatic amines is 1. The van der Waals surface area contributed by atoms with E-state index in [1.807, 2.05) is 12.3 Å². The number of piperidine rings is 1. The second-order valence-electron chi connectivity index (χ2n) is 5.48. The van der Waals surface area contributed by atoms with Gasteiger partial charge in [0.25, 0.3) is 5.91 Å². The van der Waals surface area contributed by atoms with E-state index in [0.717, 1.165) is 22.7 Å². The Kier molecular flexibility index (Phi) is 3.98. The molecule has 7 heteroatoms. The number of H-pyrrole nitrogens is 1. The van der Waals surface area contributed by atoms with Crippen molar-refractivity contribution in [1.29, 1.82) is 0 Å². The van der Waals surface area contributed by atoms with E-state index in [0.29, 0.717) is 18.7 Å². The lowest BCUT2D eigenvalue weighted by Gasteiger charge is -2.30. The number of rotatable bonds is 3. The second-order valence-corrected chi connectivity index (χ2v) is 6.54. The van der Waals surface area contributed by atoms with Crippen LogP contribution in [0.15, 0.2) is 17.6 Å². The number of aliphatic carboxylic acids is 1. The molecule has 1 aliphatic rings. The fourth-order valence-electron chi connectivity index (χ4n) is 2.70. The molecule has 2 N–H and O–H groups in total. The summed E-state index contributed by atoms with van der Waals surface area (Å²) in [6.07, 6.45) is 3.12. The molecule has 0 unspecified atom stereocenters. The van der Waals surface area contributed by atoms with Crippen LogP contribution >= 0.6 is 11.3 Å². The monoisotopic (exact) mass is 319 g/mol. The smallest absolute Gasteiger partial charge is 0.308 e. The minimum Gasteiger partial charge on any atom is -0.481 e. The first-order valence-corrected chi connectivity index (χ1v) is 8.05. The Bertz CT molecular complexity index is 706. The standard InChI is InChI=1S/C15H17N3O3S/c1-9-17-13(8-22-9)11-5-12(16-6-11)14(19)18-4-2-3-10(7-18)15(20)21/h5-6,8,10,16H,2-4,7H2,1H3,(H,20,21)/t10-/m0/s1. The van der Waals surface area contributed by atoms with Gasteiger partial charge in [0.1, 0.15) is 5.69 Å². The van der Waals surface area contributed by atoms with Crippen molar-refractivity contribution in [3.05, 3.63) is 28.3 Å². The Morgan fingerprint density at radius 2 is 2.32 bits per heavy atom. The Hall–Kier alpha value is -2.15. The molecule has 6 nitrogen and oxygen atoms in total. The third-order valence-corrected chi connectivity index (χ3v) is 4.66. The van der Waals surface area contributed by atoms with Gasteiger partial charge < -0.3 is 15.0 Å². The average molecular weight is 319 g/mol. The van der Waals surface area contributed by atoms with Gasteiger partial charge in [0.15, 0.2) is 0 Å². The number of aromatic nitrogens is 2. The van der Waals surface area contributed by atoms with Crippen molar-refractivity contribution < 1.29 is 14.7 Å².